The molecule has 0 spiro atoms. The van der Waals surface area contributed by atoms with Crippen LogP contribution < -0.4 is 9.64 Å². The van der Waals surface area contributed by atoms with E-state index in [2.05, 4.69) is 34.9 Å². The summed E-state index contributed by atoms with van der Waals surface area (Å²) in [5, 5.41) is 12.2. The third-order valence-corrected chi connectivity index (χ3v) is 9.91. The second-order valence-electron chi connectivity index (χ2n) is 10.1. The number of carboxylic acid groups (broad SMARTS) is 1. The summed E-state index contributed by atoms with van der Waals surface area (Å²) in [6.45, 7) is 5.84. The normalized spacial score (nSPS) is 18.4. The molecule has 3 heterocycles. The second kappa shape index (κ2) is 11.4. The van der Waals surface area contributed by atoms with Crippen molar-refractivity contribution in [2.45, 2.75) is 32.9 Å². The van der Waals surface area contributed by atoms with Gasteiger partial charge in [-0.25, -0.2) is 13.4 Å². The maximum atomic E-state index is 11.7. The molecule has 2 aliphatic rings. The van der Waals surface area contributed by atoms with Gasteiger partial charge in [0.1, 0.15) is 12.4 Å². The number of hydrogen-bond acceptors (Lipinski definition) is 8. The Labute approximate surface area is 227 Å². The van der Waals surface area contributed by atoms with Crippen molar-refractivity contribution in [3.8, 4) is 17.0 Å². The van der Waals surface area contributed by atoms with Gasteiger partial charge in [-0.15, -0.1) is 11.3 Å². The van der Waals surface area contributed by atoms with E-state index < -0.39 is 15.8 Å². The summed E-state index contributed by atoms with van der Waals surface area (Å²) in [6, 6.07) is 14.3. The van der Waals surface area contributed by atoms with E-state index in [0.717, 1.165) is 39.8 Å². The molecule has 0 unspecified atom stereocenters. The molecule has 3 aromatic rings. The lowest BCUT2D eigenvalue weighted by Gasteiger charge is -2.29. The second-order valence-corrected chi connectivity index (χ2v) is 13.2. The van der Waals surface area contributed by atoms with E-state index in [-0.39, 0.29) is 17.4 Å². The summed E-state index contributed by atoms with van der Waals surface area (Å²) in [4.78, 5) is 20.5. The molecule has 2 fully saturated rings. The molecule has 8 nitrogen and oxygen atoms in total. The zero-order valence-corrected chi connectivity index (χ0v) is 23.1. The Morgan fingerprint density at radius 3 is 2.55 bits per heavy atom. The Bertz CT molecular complexity index is 1380. The number of nitrogens with zero attached hydrogens (tertiary/aromatic N) is 3. The molecule has 0 radical (unpaired) electrons. The molecule has 10 heteroatoms. The van der Waals surface area contributed by atoms with Crippen LogP contribution in [0.25, 0.3) is 11.3 Å². The number of benzene rings is 2. The highest BCUT2D eigenvalue weighted by Gasteiger charge is 2.26. The zero-order chi connectivity index (χ0) is 26.7. The van der Waals surface area contributed by atoms with Crippen molar-refractivity contribution in [3.05, 3.63) is 64.5 Å². The molecule has 5 rings (SSSR count). The fourth-order valence-corrected chi connectivity index (χ4v) is 7.15. The number of rotatable bonds is 8. The van der Waals surface area contributed by atoms with Crippen molar-refractivity contribution < 1.29 is 23.1 Å². The minimum absolute atomic E-state index is 0.237. The van der Waals surface area contributed by atoms with Crippen molar-refractivity contribution in [1.29, 1.82) is 0 Å². The topological polar surface area (TPSA) is 100 Å². The lowest BCUT2D eigenvalue weighted by Crippen LogP contribution is -2.39. The number of aliphatic carboxylic acids is 1. The molecule has 202 valence electrons. The first kappa shape index (κ1) is 26.6. The van der Waals surface area contributed by atoms with Gasteiger partial charge in [0.2, 0.25) is 0 Å². The molecule has 38 heavy (non-hydrogen) atoms. The summed E-state index contributed by atoms with van der Waals surface area (Å²) < 4.78 is 29.7. The summed E-state index contributed by atoms with van der Waals surface area (Å²) >= 11 is 1.58. The molecule has 1 aromatic heterocycles. The first-order chi connectivity index (χ1) is 18.3. The number of piperidine rings is 1. The third-order valence-electron chi connectivity index (χ3n) is 7.40. The molecule has 1 N–H and O–H groups in total. The minimum Gasteiger partial charge on any atom is -0.488 e. The van der Waals surface area contributed by atoms with Gasteiger partial charge >= 0.3 is 5.97 Å². The number of para-hydroxylation sites is 1. The van der Waals surface area contributed by atoms with Crippen LogP contribution in [0.15, 0.2) is 47.8 Å². The van der Waals surface area contributed by atoms with Crippen LogP contribution in [0, 0.1) is 12.8 Å². The highest BCUT2D eigenvalue weighted by Crippen LogP contribution is 2.35. The van der Waals surface area contributed by atoms with Crippen molar-refractivity contribution in [2.24, 2.45) is 5.92 Å². The van der Waals surface area contributed by atoms with Crippen LogP contribution in [0.2, 0.25) is 0 Å². The maximum absolute atomic E-state index is 11.7. The number of carboxylic acids is 1. The van der Waals surface area contributed by atoms with E-state index >= 15 is 0 Å². The average molecular weight is 556 g/mol. The number of carbonyl (C=O) groups is 1. The monoisotopic (exact) mass is 555 g/mol. The molecular formula is C28H33N3O5S2. The molecule has 0 amide bonds. The van der Waals surface area contributed by atoms with Gasteiger partial charge in [-0.2, -0.15) is 0 Å². The maximum Gasteiger partial charge on any atom is 0.306 e. The lowest BCUT2D eigenvalue weighted by molar-refractivity contribution is -0.142. The van der Waals surface area contributed by atoms with Crippen molar-refractivity contribution >= 4 is 32.3 Å². The summed E-state index contributed by atoms with van der Waals surface area (Å²) in [5.74, 6) is 0.273. The molecule has 2 aromatic carbocycles. The SMILES string of the molecule is Cc1cc(CN2CCS(=O)(=O)CC2)ccc1COc1ccccc1-c1csc(N2CCC(C(=O)O)CC2)n1. The van der Waals surface area contributed by atoms with Crippen LogP contribution in [0.4, 0.5) is 5.13 Å². The highest BCUT2D eigenvalue weighted by atomic mass is 32.2. The van der Waals surface area contributed by atoms with Crippen molar-refractivity contribution in [2.75, 3.05) is 42.6 Å². The van der Waals surface area contributed by atoms with Crippen molar-refractivity contribution in [3.63, 3.8) is 0 Å². The number of anilines is 1. The number of thiazole rings is 1. The molecule has 2 saturated heterocycles. The largest absolute Gasteiger partial charge is 0.488 e. The van der Waals surface area contributed by atoms with Crippen LogP contribution in [0.5, 0.6) is 5.75 Å². The predicted molar refractivity (Wildman–Crippen MR) is 150 cm³/mol. The zero-order valence-electron chi connectivity index (χ0n) is 21.5. The van der Waals surface area contributed by atoms with Gasteiger partial charge in [-0.3, -0.25) is 9.69 Å². The molecule has 0 atom stereocenters. The Balaban J connectivity index is 1.22. The standard InChI is InChI=1S/C28H33N3O5S2/c1-20-16-21(17-30-12-14-38(34,35)15-13-30)6-7-23(20)18-36-26-5-3-2-4-24(26)25-19-37-28(29-25)31-10-8-22(9-11-31)27(32)33/h2-7,16,19,22H,8-15,17-18H2,1H3,(H,32,33). The van der Waals surface area contributed by atoms with Gasteiger partial charge in [0.05, 0.1) is 23.1 Å². The van der Waals surface area contributed by atoms with E-state index in [1.807, 2.05) is 29.6 Å². The summed E-state index contributed by atoms with van der Waals surface area (Å²) in [5.41, 5.74) is 5.21. The van der Waals surface area contributed by atoms with Crippen LogP contribution in [-0.2, 0) is 27.8 Å². The predicted octanol–water partition coefficient (Wildman–Crippen LogP) is 4.23. The van der Waals surface area contributed by atoms with Crippen molar-refractivity contribution in [1.82, 2.24) is 9.88 Å². The number of hydrogen-bond donors (Lipinski definition) is 1. The number of sulfone groups is 1. The first-order valence-electron chi connectivity index (χ1n) is 12.9. The van der Waals surface area contributed by atoms with E-state index in [1.54, 1.807) is 11.3 Å². The fraction of sp³-hybridized carbons (Fsp3) is 0.429. The Kier molecular flexibility index (Phi) is 8.01. The fourth-order valence-electron chi connectivity index (χ4n) is 5.00. The van der Waals surface area contributed by atoms with E-state index in [0.29, 0.717) is 45.6 Å². The van der Waals surface area contributed by atoms with Crippen LogP contribution in [0.3, 0.4) is 0 Å². The number of aryl methyl sites for hydroxylation is 1. The van der Waals surface area contributed by atoms with Crippen LogP contribution in [-0.4, -0.2) is 67.1 Å². The molecule has 0 saturated carbocycles. The summed E-state index contributed by atoms with van der Waals surface area (Å²) in [6.07, 6.45) is 1.28. The average Bonchev–Trinajstić information content (AvgIpc) is 3.40. The van der Waals surface area contributed by atoms with Gasteiger partial charge in [-0.1, -0.05) is 30.3 Å². The number of ether oxygens (including phenoxy) is 1. The minimum atomic E-state index is -2.87. The summed E-state index contributed by atoms with van der Waals surface area (Å²) in [7, 11) is -2.87. The molecule has 0 bridgehead atoms. The van der Waals surface area contributed by atoms with Gasteiger partial charge in [0, 0.05) is 43.7 Å². The Hall–Kier alpha value is -2.95. The van der Waals surface area contributed by atoms with E-state index in [4.69, 9.17) is 9.72 Å². The molecule has 2 aliphatic heterocycles. The van der Waals surface area contributed by atoms with Crippen LogP contribution >= 0.6 is 11.3 Å². The molecular weight excluding hydrogens is 522 g/mol. The molecule has 0 aliphatic carbocycles. The van der Waals surface area contributed by atoms with Crippen LogP contribution in [0.1, 0.15) is 29.5 Å². The smallest absolute Gasteiger partial charge is 0.306 e. The quantitative estimate of drug-likeness (QED) is 0.441. The van der Waals surface area contributed by atoms with E-state index in [1.165, 1.54) is 5.56 Å². The number of aromatic nitrogens is 1. The van der Waals surface area contributed by atoms with Gasteiger partial charge in [0.25, 0.3) is 0 Å². The first-order valence-corrected chi connectivity index (χ1v) is 15.6. The Morgan fingerprint density at radius 2 is 1.84 bits per heavy atom. The van der Waals surface area contributed by atoms with Gasteiger partial charge < -0.3 is 14.7 Å². The van der Waals surface area contributed by atoms with E-state index in [9.17, 15) is 18.3 Å². The third kappa shape index (κ3) is 6.36. The Morgan fingerprint density at radius 1 is 1.11 bits per heavy atom. The van der Waals surface area contributed by atoms with Gasteiger partial charge in [0.15, 0.2) is 15.0 Å². The highest BCUT2D eigenvalue weighted by molar-refractivity contribution is 7.91. The van der Waals surface area contributed by atoms with Gasteiger partial charge in [-0.05, 0) is 48.6 Å². The lowest BCUT2D eigenvalue weighted by atomic mass is 9.97.